The number of aromatic nitrogens is 4. The number of rotatable bonds is 6. The first-order valence-corrected chi connectivity index (χ1v) is 11.1. The summed E-state index contributed by atoms with van der Waals surface area (Å²) in [5, 5.41) is 21.1. The van der Waals surface area contributed by atoms with Crippen LogP contribution in [0.1, 0.15) is 40.3 Å². The van der Waals surface area contributed by atoms with E-state index in [9.17, 15) is 19.7 Å². The summed E-state index contributed by atoms with van der Waals surface area (Å²) >= 11 is 6.02. The first kappa shape index (κ1) is 22.4. The molecule has 3 heterocycles. The summed E-state index contributed by atoms with van der Waals surface area (Å²) in [5.74, 6) is -0.0734. The zero-order valence-electron chi connectivity index (χ0n) is 16.4. The summed E-state index contributed by atoms with van der Waals surface area (Å²) in [6, 6.07) is 0. The van der Waals surface area contributed by atoms with Gasteiger partial charge in [0, 0.05) is 6.42 Å². The van der Waals surface area contributed by atoms with E-state index >= 15 is 0 Å². The van der Waals surface area contributed by atoms with Gasteiger partial charge in [0.2, 0.25) is 5.95 Å². The van der Waals surface area contributed by atoms with Gasteiger partial charge in [0.25, 0.3) is 0 Å². The van der Waals surface area contributed by atoms with Gasteiger partial charge in [-0.05, 0) is 13.8 Å². The average Bonchev–Trinajstić information content (AvgIpc) is 3.10. The lowest BCUT2D eigenvalue weighted by Crippen LogP contribution is -2.37. The Balaban J connectivity index is 1.83. The van der Waals surface area contributed by atoms with Gasteiger partial charge >= 0.3 is 7.60 Å². The van der Waals surface area contributed by atoms with Crippen LogP contribution in [0.2, 0.25) is 5.15 Å². The van der Waals surface area contributed by atoms with Crippen LogP contribution in [-0.2, 0) is 13.8 Å². The van der Waals surface area contributed by atoms with Crippen LogP contribution in [0.4, 0.5) is 5.95 Å². The standard InChI is InChI=1S/C16H25ClN5O6P/c1-7(2)29(25,26)28-16(3,4)5-8-10(23)11(24)14(27-8)22-6-19-9-12(17)20-15(18)21-13(9)22/h6-8,10-11,14,23-24H,5H2,1-4H3,(H,25,26)(H2,18,20,21). The van der Waals surface area contributed by atoms with E-state index in [0.717, 1.165) is 0 Å². The number of imidazole rings is 1. The zero-order chi connectivity index (χ0) is 21.7. The fraction of sp³-hybridized carbons (Fsp3) is 0.688. The van der Waals surface area contributed by atoms with E-state index in [-0.39, 0.29) is 28.7 Å². The quantitative estimate of drug-likeness (QED) is 0.374. The summed E-state index contributed by atoms with van der Waals surface area (Å²) in [5.41, 5.74) is 4.48. The second-order valence-corrected chi connectivity index (χ2v) is 10.7. The molecule has 0 aromatic carbocycles. The molecule has 0 spiro atoms. The number of aliphatic hydroxyl groups excluding tert-OH is 2. The molecular formula is C16H25ClN5O6P. The third-order valence-electron chi connectivity index (χ3n) is 4.73. The predicted molar refractivity (Wildman–Crippen MR) is 105 cm³/mol. The highest BCUT2D eigenvalue weighted by Crippen LogP contribution is 2.52. The van der Waals surface area contributed by atoms with Crippen LogP contribution < -0.4 is 5.73 Å². The fourth-order valence-corrected chi connectivity index (χ4v) is 4.41. The minimum absolute atomic E-state index is 0.0535. The summed E-state index contributed by atoms with van der Waals surface area (Å²) in [4.78, 5) is 22.0. The lowest BCUT2D eigenvalue weighted by atomic mass is 9.97. The second kappa shape index (κ2) is 7.73. The van der Waals surface area contributed by atoms with Gasteiger partial charge in [-0.3, -0.25) is 9.13 Å². The second-order valence-electron chi connectivity index (χ2n) is 7.96. The van der Waals surface area contributed by atoms with Crippen molar-refractivity contribution in [2.75, 3.05) is 5.73 Å². The van der Waals surface area contributed by atoms with Crippen molar-refractivity contribution in [3.05, 3.63) is 11.5 Å². The number of hydrogen-bond donors (Lipinski definition) is 4. The number of aliphatic hydroxyl groups is 2. The Morgan fingerprint density at radius 3 is 2.66 bits per heavy atom. The molecule has 2 aromatic rings. The maximum atomic E-state index is 12.2. The first-order chi connectivity index (χ1) is 13.3. The van der Waals surface area contributed by atoms with E-state index in [1.54, 1.807) is 27.7 Å². The van der Waals surface area contributed by atoms with Crippen molar-refractivity contribution < 1.29 is 28.9 Å². The van der Waals surface area contributed by atoms with Gasteiger partial charge in [0.05, 0.1) is 23.7 Å². The number of halogens is 1. The molecule has 1 saturated heterocycles. The molecule has 1 aliphatic heterocycles. The van der Waals surface area contributed by atoms with Gasteiger partial charge in [0.15, 0.2) is 17.0 Å². The molecule has 0 radical (unpaired) electrons. The first-order valence-electron chi connectivity index (χ1n) is 9.03. The molecule has 5 N–H and O–H groups in total. The summed E-state index contributed by atoms with van der Waals surface area (Å²) in [7, 11) is -3.85. The van der Waals surface area contributed by atoms with Gasteiger partial charge in [-0.1, -0.05) is 25.4 Å². The van der Waals surface area contributed by atoms with Crippen LogP contribution in [0, 0.1) is 0 Å². The highest BCUT2D eigenvalue weighted by molar-refractivity contribution is 7.53. The molecule has 1 fully saturated rings. The molecule has 5 unspecified atom stereocenters. The van der Waals surface area contributed by atoms with E-state index < -0.39 is 43.4 Å². The van der Waals surface area contributed by atoms with Gasteiger partial charge in [-0.15, -0.1) is 0 Å². The Kier molecular flexibility index (Phi) is 5.96. The third kappa shape index (κ3) is 4.41. The van der Waals surface area contributed by atoms with Gasteiger partial charge in [0.1, 0.15) is 17.7 Å². The third-order valence-corrected chi connectivity index (χ3v) is 7.06. The van der Waals surface area contributed by atoms with Crippen molar-refractivity contribution in [1.29, 1.82) is 0 Å². The predicted octanol–water partition coefficient (Wildman–Crippen LogP) is 1.46. The lowest BCUT2D eigenvalue weighted by molar-refractivity contribution is -0.0604. The summed E-state index contributed by atoms with van der Waals surface area (Å²) in [6.07, 6.45) is -3.06. The topological polar surface area (TPSA) is 166 Å². The molecule has 0 bridgehead atoms. The molecule has 1 aliphatic rings. The summed E-state index contributed by atoms with van der Waals surface area (Å²) < 4.78 is 24.9. The van der Waals surface area contributed by atoms with E-state index in [4.69, 9.17) is 26.6 Å². The Morgan fingerprint density at radius 1 is 1.38 bits per heavy atom. The van der Waals surface area contributed by atoms with Gasteiger partial charge in [-0.2, -0.15) is 9.97 Å². The minimum atomic E-state index is -3.85. The van der Waals surface area contributed by atoms with E-state index in [0.29, 0.717) is 0 Å². The number of hydrogen-bond acceptors (Lipinski definition) is 9. The molecule has 0 aliphatic carbocycles. The molecule has 0 saturated carbocycles. The molecule has 13 heteroatoms. The molecule has 162 valence electrons. The number of fused-ring (bicyclic) bond motifs is 1. The molecule has 11 nitrogen and oxygen atoms in total. The number of nitrogens with zero attached hydrogens (tertiary/aromatic N) is 4. The van der Waals surface area contributed by atoms with Crippen LogP contribution >= 0.6 is 19.2 Å². The highest BCUT2D eigenvalue weighted by Gasteiger charge is 2.47. The van der Waals surface area contributed by atoms with Crippen molar-refractivity contribution in [3.8, 4) is 0 Å². The molecule has 3 rings (SSSR count). The van der Waals surface area contributed by atoms with Crippen LogP contribution in [0.25, 0.3) is 11.2 Å². The maximum Gasteiger partial charge on any atom is 0.331 e. The normalized spacial score (nSPS) is 27.6. The molecule has 2 aromatic heterocycles. The maximum absolute atomic E-state index is 12.2. The van der Waals surface area contributed by atoms with Crippen molar-refractivity contribution in [3.63, 3.8) is 0 Å². The van der Waals surface area contributed by atoms with Gasteiger partial charge in [-0.25, -0.2) is 4.98 Å². The van der Waals surface area contributed by atoms with Gasteiger partial charge < -0.3 is 30.1 Å². The summed E-state index contributed by atoms with van der Waals surface area (Å²) in [6.45, 7) is 6.41. The SMILES string of the molecule is CC(C)P(=O)(O)OC(C)(C)CC1OC(n2cnc3c(Cl)nc(N)nc32)C(O)C1O. The number of ether oxygens (including phenoxy) is 1. The van der Waals surface area contributed by atoms with Crippen molar-refractivity contribution in [2.24, 2.45) is 0 Å². The Bertz CT molecular complexity index is 953. The van der Waals surface area contributed by atoms with Crippen LogP contribution in [0.3, 0.4) is 0 Å². The Morgan fingerprint density at radius 2 is 2.03 bits per heavy atom. The smallest absolute Gasteiger partial charge is 0.331 e. The highest BCUT2D eigenvalue weighted by atomic mass is 35.5. The van der Waals surface area contributed by atoms with E-state index in [2.05, 4.69) is 15.0 Å². The van der Waals surface area contributed by atoms with E-state index in [1.807, 2.05) is 0 Å². The van der Waals surface area contributed by atoms with E-state index in [1.165, 1.54) is 10.9 Å². The molecule has 29 heavy (non-hydrogen) atoms. The zero-order valence-corrected chi connectivity index (χ0v) is 18.1. The largest absolute Gasteiger partial charge is 0.388 e. The number of nitrogen functional groups attached to an aromatic ring is 1. The Labute approximate surface area is 172 Å². The minimum Gasteiger partial charge on any atom is -0.388 e. The van der Waals surface area contributed by atoms with Crippen LogP contribution in [0.5, 0.6) is 0 Å². The molecule has 0 amide bonds. The molecular weight excluding hydrogens is 425 g/mol. The average molecular weight is 450 g/mol. The monoisotopic (exact) mass is 449 g/mol. The number of anilines is 1. The fourth-order valence-electron chi connectivity index (χ4n) is 3.19. The van der Waals surface area contributed by atoms with Crippen LogP contribution in [-0.4, -0.2) is 64.2 Å². The van der Waals surface area contributed by atoms with Crippen molar-refractivity contribution >= 4 is 36.3 Å². The van der Waals surface area contributed by atoms with Crippen molar-refractivity contribution in [1.82, 2.24) is 19.5 Å². The Hall–Kier alpha value is -1.33. The van der Waals surface area contributed by atoms with Crippen molar-refractivity contribution in [2.45, 2.75) is 69.9 Å². The van der Waals surface area contributed by atoms with Crippen LogP contribution in [0.15, 0.2) is 6.33 Å². The lowest BCUT2D eigenvalue weighted by Gasteiger charge is -2.32. The number of nitrogens with two attached hydrogens (primary N) is 1. The molecule has 5 atom stereocenters.